The van der Waals surface area contributed by atoms with Crippen molar-refractivity contribution in [2.75, 3.05) is 6.61 Å². The van der Waals surface area contributed by atoms with Crippen molar-refractivity contribution in [3.8, 4) is 11.5 Å². The van der Waals surface area contributed by atoms with Gasteiger partial charge in [-0.3, -0.25) is 0 Å². The molecule has 0 aromatic heterocycles. The quantitative estimate of drug-likeness (QED) is 0.0645. The number of esters is 1. The molecular formula is C52H92O8Si3. The zero-order valence-electron chi connectivity index (χ0n) is 43.7. The van der Waals surface area contributed by atoms with E-state index >= 15 is 0 Å². The van der Waals surface area contributed by atoms with Gasteiger partial charge in [-0.05, 0) is 81.4 Å². The molecule has 0 bridgehead atoms. The number of aliphatic hydroxyl groups excluding tert-OH is 2. The Kier molecular flexibility index (Phi) is 19.1. The van der Waals surface area contributed by atoms with Gasteiger partial charge in [0.15, 0.2) is 8.32 Å². The van der Waals surface area contributed by atoms with Gasteiger partial charge in [0, 0.05) is 36.8 Å². The van der Waals surface area contributed by atoms with Gasteiger partial charge in [0.25, 0.3) is 16.6 Å². The average molecular weight is 930 g/mol. The van der Waals surface area contributed by atoms with Crippen LogP contribution in [0.5, 0.6) is 11.5 Å². The zero-order chi connectivity index (χ0) is 48.2. The molecular weight excluding hydrogens is 837 g/mol. The Hall–Kier alpha value is -2.00. The van der Waals surface area contributed by atoms with E-state index in [0.29, 0.717) is 70.6 Å². The lowest BCUT2D eigenvalue weighted by molar-refractivity contribution is -0.0847. The molecule has 5 atom stereocenters. The Balaban J connectivity index is 2.04. The molecule has 1 heterocycles. The number of aliphatic hydroxyl groups is 2. The molecule has 0 saturated carbocycles. The molecule has 0 amide bonds. The first-order valence-corrected chi connectivity index (χ1v) is 31.5. The summed E-state index contributed by atoms with van der Waals surface area (Å²) in [5, 5.41) is 24.1. The first-order chi connectivity index (χ1) is 28.9. The predicted octanol–water partition coefficient (Wildman–Crippen LogP) is 14.0. The first-order valence-electron chi connectivity index (χ1n) is 24.3. The predicted molar refractivity (Wildman–Crippen MR) is 270 cm³/mol. The number of carbonyl (C=O) groups is 1. The molecule has 1 aliphatic rings. The van der Waals surface area contributed by atoms with E-state index in [9.17, 15) is 15.0 Å². The van der Waals surface area contributed by atoms with E-state index in [4.69, 9.17) is 22.8 Å². The van der Waals surface area contributed by atoms with Gasteiger partial charge in [-0.2, -0.15) is 0 Å². The van der Waals surface area contributed by atoms with Crippen LogP contribution in [0.3, 0.4) is 0 Å². The van der Waals surface area contributed by atoms with Crippen LogP contribution in [0.1, 0.15) is 165 Å². The highest BCUT2D eigenvalue weighted by Gasteiger charge is 2.51. The number of cyclic esters (lactones) is 1. The smallest absolute Gasteiger partial charge is 0.342 e. The Bertz CT molecular complexity index is 1720. The average Bonchev–Trinajstić information content (AvgIpc) is 3.16. The molecule has 11 heteroatoms. The monoisotopic (exact) mass is 929 g/mol. The van der Waals surface area contributed by atoms with E-state index in [2.05, 4.69) is 136 Å². The van der Waals surface area contributed by atoms with Crippen LogP contribution in [0, 0.1) is 18.3 Å². The zero-order valence-corrected chi connectivity index (χ0v) is 46.7. The summed E-state index contributed by atoms with van der Waals surface area (Å²) in [6.45, 7) is 47.5. The summed E-state index contributed by atoms with van der Waals surface area (Å²) >= 11 is 0. The summed E-state index contributed by atoms with van der Waals surface area (Å²) in [4.78, 5) is 14.5. The van der Waals surface area contributed by atoms with Crippen molar-refractivity contribution in [3.63, 3.8) is 0 Å². The second kappa shape index (κ2) is 21.7. The Morgan fingerprint density at radius 2 is 1.22 bits per heavy atom. The van der Waals surface area contributed by atoms with E-state index in [1.807, 2.05) is 45.0 Å². The molecule has 2 aromatic carbocycles. The number of benzene rings is 2. The number of hydrogen-bond acceptors (Lipinski definition) is 8. The molecule has 360 valence electrons. The highest BCUT2D eigenvalue weighted by Crippen LogP contribution is 2.50. The molecule has 0 fully saturated rings. The molecule has 3 rings (SSSR count). The molecule has 63 heavy (non-hydrogen) atoms. The lowest BCUT2D eigenvalue weighted by Gasteiger charge is -2.46. The SMILES string of the molecule is Cc1c(O[Si](C(C)C)(C(C)C)C(C)C)cc(O[Si](C(C)C)(C(C)C)C(C)C)c2c1C[C@H]([C@H](C)[C@@H](O)C[C@@H](O)C(C)(C)[C@@H](CCOCc1ccccc1)O[Si](C)(C)C(C)(C)C)OC2=O. The third-order valence-electron chi connectivity index (χ3n) is 15.7. The van der Waals surface area contributed by atoms with Crippen molar-refractivity contribution in [1.82, 2.24) is 0 Å². The standard InChI is InChI=1S/C52H92O8Si3/c1-33(2)62(34(3)4,35(5)6)58-45-31-46(59-63(36(7)8,37(9)10)38(11)12)49-42(39(45)13)29-44(57-50(49)55)40(14)43(53)30-47(54)52(18,19)48(60-61(20,21)51(15,16)17)27-28-56-32-41-25-23-22-24-26-41/h22-26,31,33-38,40,43-44,47-48,53-54H,27-30,32H2,1-21H3/t40-,43+,44-,47-,48-/m1/s1. The summed E-state index contributed by atoms with van der Waals surface area (Å²) < 4.78 is 34.4. The van der Waals surface area contributed by atoms with Gasteiger partial charge in [0.05, 0.1) is 24.9 Å². The lowest BCUT2D eigenvalue weighted by atomic mass is 9.75. The Labute approximate surface area is 388 Å². The van der Waals surface area contributed by atoms with Gasteiger partial charge in [-0.25, -0.2) is 4.79 Å². The number of carbonyl (C=O) groups excluding carboxylic acids is 1. The van der Waals surface area contributed by atoms with E-state index in [-0.39, 0.29) is 17.6 Å². The minimum Gasteiger partial charge on any atom is -0.542 e. The fourth-order valence-electron chi connectivity index (χ4n) is 10.5. The highest BCUT2D eigenvalue weighted by molar-refractivity contribution is 6.79. The topological polar surface area (TPSA) is 104 Å². The molecule has 0 unspecified atom stereocenters. The minimum absolute atomic E-state index is 0.0373. The van der Waals surface area contributed by atoms with Gasteiger partial charge in [0.1, 0.15) is 23.2 Å². The maximum absolute atomic E-state index is 14.5. The Morgan fingerprint density at radius 1 is 0.746 bits per heavy atom. The molecule has 0 spiro atoms. The van der Waals surface area contributed by atoms with Crippen LogP contribution in [-0.2, 0) is 26.9 Å². The number of ether oxygens (including phenoxy) is 2. The van der Waals surface area contributed by atoms with Crippen molar-refractivity contribution in [2.45, 2.75) is 233 Å². The van der Waals surface area contributed by atoms with Crippen molar-refractivity contribution >= 4 is 30.9 Å². The van der Waals surface area contributed by atoms with Crippen molar-refractivity contribution in [1.29, 1.82) is 0 Å². The first kappa shape index (κ1) is 55.3. The van der Waals surface area contributed by atoms with Gasteiger partial charge < -0.3 is 33.0 Å². The molecule has 0 aliphatic carbocycles. The summed E-state index contributed by atoms with van der Waals surface area (Å²) in [6.07, 6.45) is -1.69. The maximum Gasteiger partial charge on any atom is 0.342 e. The van der Waals surface area contributed by atoms with Gasteiger partial charge in [-0.1, -0.05) is 155 Å². The third-order valence-corrected chi connectivity index (χ3v) is 32.2. The molecule has 2 aromatic rings. The fraction of sp³-hybridized carbons (Fsp3) is 0.750. The largest absolute Gasteiger partial charge is 0.542 e. The van der Waals surface area contributed by atoms with Crippen molar-refractivity contribution in [3.05, 3.63) is 58.7 Å². The maximum atomic E-state index is 14.5. The van der Waals surface area contributed by atoms with Gasteiger partial charge in [-0.15, -0.1) is 0 Å². The van der Waals surface area contributed by atoms with E-state index < -0.39 is 60.6 Å². The summed E-state index contributed by atoms with van der Waals surface area (Å²) in [5.41, 5.74) is 4.62. The molecule has 8 nitrogen and oxygen atoms in total. The van der Waals surface area contributed by atoms with Crippen LogP contribution in [0.25, 0.3) is 0 Å². The van der Waals surface area contributed by atoms with Gasteiger partial charge in [0.2, 0.25) is 0 Å². The van der Waals surface area contributed by atoms with Crippen LogP contribution in [0.2, 0.25) is 51.4 Å². The van der Waals surface area contributed by atoms with E-state index in [0.717, 1.165) is 22.4 Å². The number of fused-ring (bicyclic) bond motifs is 1. The van der Waals surface area contributed by atoms with E-state index in [1.165, 1.54) is 0 Å². The van der Waals surface area contributed by atoms with Crippen LogP contribution >= 0.6 is 0 Å². The summed E-state index contributed by atoms with van der Waals surface area (Å²) in [7, 11) is -7.18. The Morgan fingerprint density at radius 3 is 1.68 bits per heavy atom. The van der Waals surface area contributed by atoms with Crippen LogP contribution in [0.4, 0.5) is 0 Å². The van der Waals surface area contributed by atoms with Gasteiger partial charge >= 0.3 is 5.97 Å². The molecule has 2 N–H and O–H groups in total. The minimum atomic E-state index is -2.51. The highest BCUT2D eigenvalue weighted by atomic mass is 28.4. The fourth-order valence-corrected chi connectivity index (χ4v) is 22.6. The second-order valence-electron chi connectivity index (χ2n) is 23.0. The molecule has 1 aliphatic heterocycles. The summed E-state index contributed by atoms with van der Waals surface area (Å²) in [5.74, 6) is 0.469. The number of rotatable bonds is 23. The van der Waals surface area contributed by atoms with Crippen molar-refractivity contribution in [2.24, 2.45) is 11.3 Å². The van der Waals surface area contributed by atoms with Crippen LogP contribution in [0.15, 0.2) is 36.4 Å². The van der Waals surface area contributed by atoms with Crippen molar-refractivity contribution < 1.29 is 37.8 Å². The molecule has 0 saturated heterocycles. The summed E-state index contributed by atoms with van der Waals surface area (Å²) in [6, 6.07) is 12.2. The van der Waals surface area contributed by atoms with Crippen LogP contribution in [-0.4, -0.2) is 72.2 Å². The van der Waals surface area contributed by atoms with E-state index in [1.54, 1.807) is 0 Å². The molecule has 0 radical (unpaired) electrons. The normalized spacial score (nSPS) is 17.7. The second-order valence-corrected chi connectivity index (χ2v) is 38.5. The van der Waals surface area contributed by atoms with Crippen LogP contribution < -0.4 is 8.85 Å². The third kappa shape index (κ3) is 12.1. The lowest BCUT2D eigenvalue weighted by Crippen LogP contribution is -2.52. The number of hydrogen-bond donors (Lipinski definition) is 2.